The third-order valence-corrected chi connectivity index (χ3v) is 4.63. The summed E-state index contributed by atoms with van der Waals surface area (Å²) < 4.78 is 18.7. The normalized spacial score (nSPS) is 11.0. The fraction of sp³-hybridized carbons (Fsp3) is 0.167. The van der Waals surface area contributed by atoms with Crippen LogP contribution in [0.5, 0.6) is 23.0 Å². The maximum absolute atomic E-state index is 10.00. The molecule has 28 heavy (non-hydrogen) atoms. The second-order valence-corrected chi connectivity index (χ2v) is 6.83. The molecule has 0 saturated heterocycles. The summed E-state index contributed by atoms with van der Waals surface area (Å²) in [6.45, 7) is 0. The number of aromatic nitrogens is 3. The van der Waals surface area contributed by atoms with Crippen LogP contribution in [0.2, 0.25) is 0 Å². The lowest BCUT2D eigenvalue weighted by atomic mass is 10.1. The maximum Gasteiger partial charge on any atom is 0.216 e. The monoisotopic (exact) mass is 464 g/mol. The number of halogens is 1. The van der Waals surface area contributed by atoms with Crippen molar-refractivity contribution in [2.24, 2.45) is 5.10 Å². The number of benzene rings is 2. The van der Waals surface area contributed by atoms with Crippen LogP contribution < -0.4 is 14.2 Å². The summed E-state index contributed by atoms with van der Waals surface area (Å²) in [4.78, 5) is 0. The highest BCUT2D eigenvalue weighted by atomic mass is 79.9. The molecule has 0 aliphatic carbocycles. The molecule has 0 amide bonds. The van der Waals surface area contributed by atoms with E-state index in [0.717, 1.165) is 4.47 Å². The van der Waals surface area contributed by atoms with Crippen molar-refractivity contribution in [2.45, 2.75) is 0 Å². The van der Waals surface area contributed by atoms with E-state index in [1.54, 1.807) is 30.3 Å². The highest BCUT2D eigenvalue weighted by Crippen LogP contribution is 2.40. The third-order valence-electron chi connectivity index (χ3n) is 3.88. The molecule has 3 aromatic rings. The first-order chi connectivity index (χ1) is 13.5. The molecule has 0 radical (unpaired) electrons. The minimum Gasteiger partial charge on any atom is -0.507 e. The largest absolute Gasteiger partial charge is 0.507 e. The van der Waals surface area contributed by atoms with E-state index in [1.165, 1.54) is 32.2 Å². The van der Waals surface area contributed by atoms with Crippen LogP contribution in [0.15, 0.2) is 39.9 Å². The molecule has 0 unspecified atom stereocenters. The Morgan fingerprint density at radius 1 is 1.14 bits per heavy atom. The Bertz CT molecular complexity index is 1070. The average molecular weight is 465 g/mol. The molecule has 0 aliphatic heterocycles. The average Bonchev–Trinajstić information content (AvgIpc) is 3.07. The number of phenolic OH excluding ortho intramolecular Hbond substituents is 1. The van der Waals surface area contributed by atoms with Gasteiger partial charge in [-0.3, -0.25) is 0 Å². The summed E-state index contributed by atoms with van der Waals surface area (Å²) in [6, 6.07) is 8.53. The molecule has 0 spiro atoms. The Kier molecular flexibility index (Phi) is 6.00. The number of rotatable bonds is 6. The van der Waals surface area contributed by atoms with E-state index in [1.807, 2.05) is 0 Å². The van der Waals surface area contributed by atoms with Crippen LogP contribution in [0.1, 0.15) is 5.56 Å². The van der Waals surface area contributed by atoms with E-state index in [2.05, 4.69) is 31.2 Å². The van der Waals surface area contributed by atoms with Crippen molar-refractivity contribution in [3.05, 3.63) is 45.1 Å². The number of methoxy groups -OCH3 is 3. The molecule has 0 aliphatic rings. The van der Waals surface area contributed by atoms with Gasteiger partial charge >= 0.3 is 0 Å². The highest BCUT2D eigenvalue weighted by Gasteiger charge is 2.17. The minimum atomic E-state index is 0.0938. The number of phenols is 1. The molecule has 0 saturated carbocycles. The van der Waals surface area contributed by atoms with Gasteiger partial charge in [0.25, 0.3) is 0 Å². The van der Waals surface area contributed by atoms with Gasteiger partial charge in [0.15, 0.2) is 17.3 Å². The van der Waals surface area contributed by atoms with Crippen molar-refractivity contribution >= 4 is 34.4 Å². The maximum atomic E-state index is 10.00. The fourth-order valence-electron chi connectivity index (χ4n) is 2.54. The minimum absolute atomic E-state index is 0.0938. The van der Waals surface area contributed by atoms with Crippen molar-refractivity contribution in [3.8, 4) is 34.4 Å². The number of aromatic amines is 1. The second kappa shape index (κ2) is 8.44. The van der Waals surface area contributed by atoms with E-state index in [-0.39, 0.29) is 10.5 Å². The van der Waals surface area contributed by atoms with Gasteiger partial charge in [-0.25, -0.2) is 5.10 Å². The number of H-pyrrole nitrogens is 1. The molecular weight excluding hydrogens is 448 g/mol. The van der Waals surface area contributed by atoms with Crippen LogP contribution in [-0.2, 0) is 0 Å². The van der Waals surface area contributed by atoms with Crippen molar-refractivity contribution in [2.75, 3.05) is 21.3 Å². The molecule has 1 heterocycles. The summed E-state index contributed by atoms with van der Waals surface area (Å²) in [5.74, 6) is 1.96. The number of aromatic hydroxyl groups is 1. The molecule has 2 N–H and O–H groups in total. The van der Waals surface area contributed by atoms with Gasteiger partial charge in [0.1, 0.15) is 5.75 Å². The van der Waals surface area contributed by atoms with Crippen LogP contribution >= 0.6 is 28.1 Å². The van der Waals surface area contributed by atoms with E-state index in [4.69, 9.17) is 26.4 Å². The van der Waals surface area contributed by atoms with Crippen molar-refractivity contribution < 1.29 is 19.3 Å². The number of nitrogens with one attached hydrogen (secondary N) is 1. The standard InChI is InChI=1S/C18H17BrN4O4S/c1-25-14-7-10(8-15(26-2)16(14)27-3)17-21-22-18(28)23(17)20-9-11-6-12(19)4-5-13(11)24/h4-9,24H,1-3H3,(H,22,28)/b20-9+. The predicted octanol–water partition coefficient (Wildman–Crippen LogP) is 3.98. The number of ether oxygens (including phenoxy) is 3. The highest BCUT2D eigenvalue weighted by molar-refractivity contribution is 9.10. The SMILES string of the molecule is COc1cc(-c2n[nH]c(=S)n2/N=C/c2cc(Br)ccc2O)cc(OC)c1OC. The number of hydrogen-bond acceptors (Lipinski definition) is 7. The summed E-state index contributed by atoms with van der Waals surface area (Å²) in [6.07, 6.45) is 1.49. The van der Waals surface area contributed by atoms with Crippen molar-refractivity contribution in [1.82, 2.24) is 14.9 Å². The van der Waals surface area contributed by atoms with Gasteiger partial charge in [-0.1, -0.05) is 15.9 Å². The first-order valence-electron chi connectivity index (χ1n) is 7.99. The van der Waals surface area contributed by atoms with Gasteiger partial charge < -0.3 is 19.3 Å². The molecule has 0 bridgehead atoms. The van der Waals surface area contributed by atoms with Gasteiger partial charge in [-0.05, 0) is 42.5 Å². The molecule has 10 heteroatoms. The van der Waals surface area contributed by atoms with Gasteiger partial charge in [-0.2, -0.15) is 14.9 Å². The summed E-state index contributed by atoms with van der Waals surface area (Å²) in [7, 11) is 4.60. The summed E-state index contributed by atoms with van der Waals surface area (Å²) >= 11 is 8.66. The zero-order chi connectivity index (χ0) is 20.3. The fourth-order valence-corrected chi connectivity index (χ4v) is 3.10. The Labute approximate surface area is 174 Å². The van der Waals surface area contributed by atoms with Gasteiger partial charge in [-0.15, -0.1) is 0 Å². The predicted molar refractivity (Wildman–Crippen MR) is 111 cm³/mol. The molecule has 0 fully saturated rings. The van der Waals surface area contributed by atoms with E-state index >= 15 is 0 Å². The zero-order valence-electron chi connectivity index (χ0n) is 15.3. The van der Waals surface area contributed by atoms with E-state index in [9.17, 15) is 5.11 Å². The Morgan fingerprint density at radius 3 is 2.43 bits per heavy atom. The topological polar surface area (TPSA) is 93.9 Å². The van der Waals surface area contributed by atoms with Crippen molar-refractivity contribution in [3.63, 3.8) is 0 Å². The Morgan fingerprint density at radius 2 is 1.82 bits per heavy atom. The van der Waals surface area contributed by atoms with Crippen LogP contribution in [0.25, 0.3) is 11.4 Å². The van der Waals surface area contributed by atoms with Crippen LogP contribution in [0.3, 0.4) is 0 Å². The van der Waals surface area contributed by atoms with Crippen LogP contribution in [-0.4, -0.2) is 47.5 Å². The van der Waals surface area contributed by atoms with E-state index in [0.29, 0.717) is 34.2 Å². The summed E-state index contributed by atoms with van der Waals surface area (Å²) in [5.41, 5.74) is 1.17. The first-order valence-corrected chi connectivity index (χ1v) is 9.19. The Balaban J connectivity index is 2.10. The number of nitrogens with zero attached hydrogens (tertiary/aromatic N) is 3. The molecule has 8 nitrogen and oxygen atoms in total. The lowest BCUT2D eigenvalue weighted by Crippen LogP contribution is -1.99. The molecule has 0 atom stereocenters. The smallest absolute Gasteiger partial charge is 0.216 e. The van der Waals surface area contributed by atoms with Crippen LogP contribution in [0, 0.1) is 4.77 Å². The summed E-state index contributed by atoms with van der Waals surface area (Å²) in [5, 5.41) is 21.3. The van der Waals surface area contributed by atoms with Crippen LogP contribution in [0.4, 0.5) is 0 Å². The molecule has 1 aromatic heterocycles. The molecule has 146 valence electrons. The van der Waals surface area contributed by atoms with Gasteiger partial charge in [0.05, 0.1) is 27.5 Å². The third kappa shape index (κ3) is 3.87. The lowest BCUT2D eigenvalue weighted by Gasteiger charge is -2.13. The second-order valence-electron chi connectivity index (χ2n) is 5.53. The zero-order valence-corrected chi connectivity index (χ0v) is 17.7. The number of hydrogen-bond donors (Lipinski definition) is 2. The van der Waals surface area contributed by atoms with Crippen molar-refractivity contribution in [1.29, 1.82) is 0 Å². The van der Waals surface area contributed by atoms with E-state index < -0.39 is 0 Å². The van der Waals surface area contributed by atoms with Gasteiger partial charge in [0.2, 0.25) is 10.5 Å². The molecule has 2 aromatic carbocycles. The van der Waals surface area contributed by atoms with Gasteiger partial charge in [0, 0.05) is 15.6 Å². The Hall–Kier alpha value is -2.85. The quantitative estimate of drug-likeness (QED) is 0.423. The molecule has 3 rings (SSSR count). The first kappa shape index (κ1) is 19.9. The molecular formula is C18H17BrN4O4S. The lowest BCUT2D eigenvalue weighted by molar-refractivity contribution is 0.324.